The minimum atomic E-state index is -0.513. The second kappa shape index (κ2) is 6.35. The summed E-state index contributed by atoms with van der Waals surface area (Å²) in [6.07, 6.45) is 0. The average molecular weight is 348 g/mol. The van der Waals surface area contributed by atoms with Crippen LogP contribution in [0.1, 0.15) is 11.1 Å². The predicted octanol–water partition coefficient (Wildman–Crippen LogP) is 5.09. The first-order chi connectivity index (χ1) is 9.10. The Morgan fingerprint density at radius 1 is 1.16 bits per heavy atom. The zero-order valence-electron chi connectivity index (χ0n) is 9.80. The Labute approximate surface area is 123 Å². The molecule has 0 bridgehead atoms. The van der Waals surface area contributed by atoms with E-state index in [-0.39, 0.29) is 11.6 Å². The molecule has 2 aromatic rings. The highest BCUT2D eigenvalue weighted by molar-refractivity contribution is 9.08. The fourth-order valence-electron chi connectivity index (χ4n) is 1.60. The number of alkyl halides is 1. The zero-order valence-corrected chi connectivity index (χ0v) is 12.1. The number of hydrogen-bond acceptors (Lipinski definition) is 1. The summed E-state index contributed by atoms with van der Waals surface area (Å²) in [4.78, 5) is 0. The maximum absolute atomic E-state index is 13.6. The first-order valence-corrected chi connectivity index (χ1v) is 7.01. The maximum Gasteiger partial charge on any atom is 0.148 e. The van der Waals surface area contributed by atoms with Crippen molar-refractivity contribution in [3.63, 3.8) is 0 Å². The molecule has 0 N–H and O–H groups in total. The summed E-state index contributed by atoms with van der Waals surface area (Å²) in [5.74, 6) is -0.548. The quantitative estimate of drug-likeness (QED) is 0.700. The van der Waals surface area contributed by atoms with Gasteiger partial charge in [-0.2, -0.15) is 0 Å². The largest absolute Gasteiger partial charge is 0.489 e. The van der Waals surface area contributed by atoms with E-state index in [1.54, 1.807) is 18.2 Å². The van der Waals surface area contributed by atoms with E-state index in [0.29, 0.717) is 16.6 Å². The summed E-state index contributed by atoms with van der Waals surface area (Å²) in [5, 5.41) is 0.564. The van der Waals surface area contributed by atoms with Gasteiger partial charge in [0.2, 0.25) is 0 Å². The van der Waals surface area contributed by atoms with Crippen LogP contribution in [0.3, 0.4) is 0 Å². The summed E-state index contributed by atoms with van der Waals surface area (Å²) >= 11 is 8.92. The molecule has 100 valence electrons. The third-order valence-corrected chi connectivity index (χ3v) is 3.45. The van der Waals surface area contributed by atoms with Crippen molar-refractivity contribution >= 4 is 27.5 Å². The number of halogens is 4. The number of rotatable bonds is 4. The smallest absolute Gasteiger partial charge is 0.148 e. The molecule has 2 aromatic carbocycles. The van der Waals surface area contributed by atoms with Gasteiger partial charge < -0.3 is 4.74 Å². The van der Waals surface area contributed by atoms with Crippen molar-refractivity contribution in [3.05, 3.63) is 64.2 Å². The molecule has 1 nitrogen and oxygen atoms in total. The Balaban J connectivity index is 2.14. The highest BCUT2D eigenvalue weighted by atomic mass is 79.9. The first kappa shape index (κ1) is 14.3. The van der Waals surface area contributed by atoms with Crippen LogP contribution >= 0.6 is 27.5 Å². The van der Waals surface area contributed by atoms with Crippen LogP contribution in [0.2, 0.25) is 5.02 Å². The number of ether oxygens (including phenoxy) is 1. The van der Waals surface area contributed by atoms with Crippen molar-refractivity contribution < 1.29 is 13.5 Å². The fourth-order valence-corrected chi connectivity index (χ4v) is 2.12. The molecule has 2 rings (SSSR count). The van der Waals surface area contributed by atoms with E-state index in [9.17, 15) is 8.78 Å². The molecule has 0 unspecified atom stereocenters. The monoisotopic (exact) mass is 346 g/mol. The number of benzene rings is 2. The van der Waals surface area contributed by atoms with E-state index < -0.39 is 11.6 Å². The van der Waals surface area contributed by atoms with Crippen molar-refractivity contribution in [2.45, 2.75) is 11.9 Å². The van der Waals surface area contributed by atoms with Crippen molar-refractivity contribution in [1.82, 2.24) is 0 Å². The Morgan fingerprint density at radius 2 is 1.95 bits per heavy atom. The van der Waals surface area contributed by atoms with Gasteiger partial charge in [-0.05, 0) is 23.8 Å². The lowest BCUT2D eigenvalue weighted by molar-refractivity contribution is 0.298. The highest BCUT2D eigenvalue weighted by Crippen LogP contribution is 2.22. The molecule has 5 heteroatoms. The van der Waals surface area contributed by atoms with E-state index in [1.165, 1.54) is 18.2 Å². The molecule has 0 radical (unpaired) electrons. The van der Waals surface area contributed by atoms with E-state index >= 15 is 0 Å². The van der Waals surface area contributed by atoms with Gasteiger partial charge in [0.05, 0.1) is 5.02 Å². The third-order valence-electron chi connectivity index (χ3n) is 2.51. The van der Waals surface area contributed by atoms with Gasteiger partial charge in [0.1, 0.15) is 24.0 Å². The molecule has 0 saturated carbocycles. The van der Waals surface area contributed by atoms with Crippen LogP contribution in [0.15, 0.2) is 36.4 Å². The van der Waals surface area contributed by atoms with E-state index in [2.05, 4.69) is 15.9 Å². The predicted molar refractivity (Wildman–Crippen MR) is 74.8 cm³/mol. The molecular weight excluding hydrogens is 338 g/mol. The molecule has 0 spiro atoms. The lowest BCUT2D eigenvalue weighted by Gasteiger charge is -2.09. The molecule has 0 aromatic heterocycles. The number of hydrogen-bond donors (Lipinski definition) is 0. The van der Waals surface area contributed by atoms with Gasteiger partial charge in [0.25, 0.3) is 0 Å². The van der Waals surface area contributed by atoms with E-state index in [0.717, 1.165) is 5.56 Å². The van der Waals surface area contributed by atoms with Crippen molar-refractivity contribution in [2.75, 3.05) is 0 Å². The maximum atomic E-state index is 13.6. The van der Waals surface area contributed by atoms with Gasteiger partial charge in [-0.1, -0.05) is 39.7 Å². The summed E-state index contributed by atoms with van der Waals surface area (Å²) < 4.78 is 32.3. The lowest BCUT2D eigenvalue weighted by atomic mass is 10.2. The van der Waals surface area contributed by atoms with Gasteiger partial charge in [-0.15, -0.1) is 0 Å². The zero-order chi connectivity index (χ0) is 13.8. The Bertz CT molecular complexity index is 590. The molecule has 0 heterocycles. The van der Waals surface area contributed by atoms with Gasteiger partial charge in [0, 0.05) is 17.0 Å². The van der Waals surface area contributed by atoms with Crippen molar-refractivity contribution in [1.29, 1.82) is 0 Å². The fraction of sp³-hybridized carbons (Fsp3) is 0.143. The van der Waals surface area contributed by atoms with Gasteiger partial charge in [-0.25, -0.2) is 8.78 Å². The molecule has 0 saturated heterocycles. The Morgan fingerprint density at radius 3 is 2.68 bits per heavy atom. The molecular formula is C14H10BrClF2O. The normalized spacial score (nSPS) is 10.5. The van der Waals surface area contributed by atoms with E-state index in [1.807, 2.05) is 0 Å². The molecule has 0 aliphatic carbocycles. The minimum absolute atomic E-state index is 0.00241. The Hall–Kier alpha value is -1.13. The molecule has 0 aliphatic heterocycles. The molecule has 19 heavy (non-hydrogen) atoms. The van der Waals surface area contributed by atoms with E-state index in [4.69, 9.17) is 16.3 Å². The third kappa shape index (κ3) is 3.67. The standard InChI is InChI=1S/C14H10BrClF2O/c15-7-9-4-11(17)6-12(5-9)19-8-10-2-1-3-13(16)14(10)18/h1-6H,7-8H2. The summed E-state index contributed by atoms with van der Waals surface area (Å²) in [6.45, 7) is -0.00241. The van der Waals surface area contributed by atoms with Crippen LogP contribution in [0.5, 0.6) is 5.75 Å². The van der Waals surface area contributed by atoms with Gasteiger partial charge in [0.15, 0.2) is 0 Å². The van der Waals surface area contributed by atoms with Crippen molar-refractivity contribution in [3.8, 4) is 5.75 Å². The highest BCUT2D eigenvalue weighted by Gasteiger charge is 2.07. The summed E-state index contributed by atoms with van der Waals surface area (Å²) in [7, 11) is 0. The van der Waals surface area contributed by atoms with Crippen LogP contribution in [0, 0.1) is 11.6 Å². The summed E-state index contributed by atoms with van der Waals surface area (Å²) in [6, 6.07) is 9.04. The van der Waals surface area contributed by atoms with Crippen molar-refractivity contribution in [2.24, 2.45) is 0 Å². The molecule has 0 atom stereocenters. The lowest BCUT2D eigenvalue weighted by Crippen LogP contribution is -1.99. The van der Waals surface area contributed by atoms with Crippen LogP contribution in [-0.2, 0) is 11.9 Å². The topological polar surface area (TPSA) is 9.23 Å². The Kier molecular flexibility index (Phi) is 4.77. The van der Waals surface area contributed by atoms with Crippen LogP contribution in [-0.4, -0.2) is 0 Å². The van der Waals surface area contributed by atoms with Gasteiger partial charge >= 0.3 is 0 Å². The minimum Gasteiger partial charge on any atom is -0.489 e. The summed E-state index contributed by atoms with van der Waals surface area (Å²) in [5.41, 5.74) is 1.08. The average Bonchev–Trinajstić information content (AvgIpc) is 2.40. The second-order valence-corrected chi connectivity index (χ2v) is 4.90. The van der Waals surface area contributed by atoms with Gasteiger partial charge in [-0.3, -0.25) is 0 Å². The first-order valence-electron chi connectivity index (χ1n) is 5.51. The molecule has 0 aliphatic rings. The van der Waals surface area contributed by atoms with Crippen LogP contribution in [0.4, 0.5) is 8.78 Å². The van der Waals surface area contributed by atoms with Crippen LogP contribution in [0.25, 0.3) is 0 Å². The molecule has 0 fully saturated rings. The SMILES string of the molecule is Fc1cc(CBr)cc(OCc2cccc(Cl)c2F)c1. The molecule has 0 amide bonds. The van der Waals surface area contributed by atoms with Crippen LogP contribution < -0.4 is 4.74 Å². The second-order valence-electron chi connectivity index (χ2n) is 3.93.